The van der Waals surface area contributed by atoms with Crippen molar-refractivity contribution in [2.75, 3.05) is 0 Å². The standard InChI is InChI=1S/C15H19NS2/c1-11(2)15(18-13-9-6-10-17-13)14(16)12-7-4-3-5-8-12/h3-11,14-15H,16H2,1-2H3. The summed E-state index contributed by atoms with van der Waals surface area (Å²) in [5.74, 6) is 0.548. The Morgan fingerprint density at radius 2 is 1.78 bits per heavy atom. The Kier molecular flexibility index (Phi) is 4.87. The molecule has 0 amide bonds. The van der Waals surface area contributed by atoms with Gasteiger partial charge in [0.2, 0.25) is 0 Å². The Hall–Kier alpha value is -0.770. The van der Waals surface area contributed by atoms with E-state index in [0.29, 0.717) is 11.2 Å². The number of benzene rings is 1. The fourth-order valence-electron chi connectivity index (χ4n) is 1.95. The van der Waals surface area contributed by atoms with Gasteiger partial charge in [0.25, 0.3) is 0 Å². The second kappa shape index (κ2) is 6.41. The van der Waals surface area contributed by atoms with Crippen molar-refractivity contribution in [3.05, 3.63) is 53.4 Å². The van der Waals surface area contributed by atoms with Crippen LogP contribution >= 0.6 is 23.1 Å². The third-order valence-electron chi connectivity index (χ3n) is 2.94. The first kappa shape index (κ1) is 13.7. The van der Waals surface area contributed by atoms with Crippen LogP contribution in [0.3, 0.4) is 0 Å². The summed E-state index contributed by atoms with van der Waals surface area (Å²) < 4.78 is 1.35. The minimum Gasteiger partial charge on any atom is -0.323 e. The summed E-state index contributed by atoms with van der Waals surface area (Å²) in [4.78, 5) is 0. The molecule has 0 aliphatic rings. The third kappa shape index (κ3) is 3.37. The number of rotatable bonds is 5. The molecule has 0 aliphatic heterocycles. The Labute approximate surface area is 117 Å². The first-order valence-electron chi connectivity index (χ1n) is 6.19. The Balaban J connectivity index is 2.15. The maximum absolute atomic E-state index is 6.44. The highest BCUT2D eigenvalue weighted by Crippen LogP contribution is 2.37. The number of nitrogens with two attached hydrogens (primary N) is 1. The van der Waals surface area contributed by atoms with Crippen LogP contribution in [0, 0.1) is 5.92 Å². The molecule has 0 radical (unpaired) electrons. The van der Waals surface area contributed by atoms with Crippen LogP contribution in [-0.2, 0) is 0 Å². The van der Waals surface area contributed by atoms with Crippen LogP contribution in [0.5, 0.6) is 0 Å². The van der Waals surface area contributed by atoms with E-state index < -0.39 is 0 Å². The molecular formula is C15H19NS2. The Morgan fingerprint density at radius 1 is 1.06 bits per heavy atom. The van der Waals surface area contributed by atoms with Crippen LogP contribution in [0.15, 0.2) is 52.1 Å². The van der Waals surface area contributed by atoms with Crippen LogP contribution in [0.2, 0.25) is 0 Å². The van der Waals surface area contributed by atoms with Gasteiger partial charge in [-0.3, -0.25) is 0 Å². The quantitative estimate of drug-likeness (QED) is 0.810. The fourth-order valence-corrected chi connectivity index (χ4v) is 4.13. The molecule has 2 atom stereocenters. The highest BCUT2D eigenvalue weighted by Gasteiger charge is 2.24. The molecule has 18 heavy (non-hydrogen) atoms. The summed E-state index contributed by atoms with van der Waals surface area (Å²) in [6, 6.07) is 14.7. The maximum atomic E-state index is 6.44. The molecule has 1 aromatic carbocycles. The molecule has 0 saturated heterocycles. The van der Waals surface area contributed by atoms with Crippen LogP contribution in [-0.4, -0.2) is 5.25 Å². The fraction of sp³-hybridized carbons (Fsp3) is 0.333. The highest BCUT2D eigenvalue weighted by molar-refractivity contribution is 8.01. The van der Waals surface area contributed by atoms with E-state index in [2.05, 4.69) is 55.6 Å². The normalized spacial score (nSPS) is 14.7. The first-order valence-corrected chi connectivity index (χ1v) is 7.95. The molecule has 0 bridgehead atoms. The zero-order chi connectivity index (χ0) is 13.0. The number of thioether (sulfide) groups is 1. The molecule has 1 aromatic heterocycles. The summed E-state index contributed by atoms with van der Waals surface area (Å²) in [6.45, 7) is 4.49. The molecule has 3 heteroatoms. The van der Waals surface area contributed by atoms with E-state index in [0.717, 1.165) is 0 Å². The van der Waals surface area contributed by atoms with Gasteiger partial charge < -0.3 is 5.73 Å². The third-order valence-corrected chi connectivity index (χ3v) is 5.66. The predicted molar refractivity (Wildman–Crippen MR) is 82.2 cm³/mol. The number of hydrogen-bond donors (Lipinski definition) is 1. The van der Waals surface area contributed by atoms with E-state index >= 15 is 0 Å². The second-order valence-electron chi connectivity index (χ2n) is 4.70. The minimum absolute atomic E-state index is 0.0818. The van der Waals surface area contributed by atoms with Crippen LogP contribution in [0.1, 0.15) is 25.5 Å². The van der Waals surface area contributed by atoms with Gasteiger partial charge in [-0.05, 0) is 22.9 Å². The molecule has 1 heterocycles. The molecule has 96 valence electrons. The largest absolute Gasteiger partial charge is 0.323 e. The van der Waals surface area contributed by atoms with Crippen molar-refractivity contribution in [1.82, 2.24) is 0 Å². The second-order valence-corrected chi connectivity index (χ2v) is 7.12. The van der Waals surface area contributed by atoms with Gasteiger partial charge in [0, 0.05) is 11.3 Å². The number of hydrogen-bond acceptors (Lipinski definition) is 3. The average Bonchev–Trinajstić information content (AvgIpc) is 2.89. The zero-order valence-electron chi connectivity index (χ0n) is 10.7. The van der Waals surface area contributed by atoms with Crippen molar-refractivity contribution in [2.45, 2.75) is 29.3 Å². The lowest BCUT2D eigenvalue weighted by molar-refractivity contribution is 0.528. The first-order chi connectivity index (χ1) is 8.68. The van der Waals surface area contributed by atoms with Crippen molar-refractivity contribution in [3.63, 3.8) is 0 Å². The van der Waals surface area contributed by atoms with Gasteiger partial charge in [0.15, 0.2) is 0 Å². The monoisotopic (exact) mass is 277 g/mol. The van der Waals surface area contributed by atoms with Crippen LogP contribution in [0.4, 0.5) is 0 Å². The molecule has 0 aliphatic carbocycles. The van der Waals surface area contributed by atoms with E-state index in [9.17, 15) is 0 Å². The van der Waals surface area contributed by atoms with Gasteiger partial charge in [-0.2, -0.15) is 0 Å². The van der Waals surface area contributed by atoms with E-state index in [1.165, 1.54) is 9.77 Å². The summed E-state index contributed by atoms with van der Waals surface area (Å²) >= 11 is 3.69. The summed E-state index contributed by atoms with van der Waals surface area (Å²) in [5.41, 5.74) is 7.66. The van der Waals surface area contributed by atoms with E-state index in [1.54, 1.807) is 11.3 Å². The lowest BCUT2D eigenvalue weighted by Gasteiger charge is -2.26. The minimum atomic E-state index is 0.0818. The van der Waals surface area contributed by atoms with Crippen molar-refractivity contribution in [1.29, 1.82) is 0 Å². The van der Waals surface area contributed by atoms with Crippen molar-refractivity contribution in [3.8, 4) is 0 Å². The summed E-state index contributed by atoms with van der Waals surface area (Å²) in [5, 5.41) is 2.53. The van der Waals surface area contributed by atoms with E-state index in [-0.39, 0.29) is 6.04 Å². The topological polar surface area (TPSA) is 26.0 Å². The van der Waals surface area contributed by atoms with Crippen LogP contribution < -0.4 is 5.73 Å². The van der Waals surface area contributed by atoms with Gasteiger partial charge in [0.05, 0.1) is 4.21 Å². The van der Waals surface area contributed by atoms with Crippen molar-refractivity contribution in [2.24, 2.45) is 11.7 Å². The average molecular weight is 277 g/mol. The van der Waals surface area contributed by atoms with Gasteiger partial charge in [-0.25, -0.2) is 0 Å². The van der Waals surface area contributed by atoms with E-state index in [4.69, 9.17) is 5.73 Å². The van der Waals surface area contributed by atoms with Gasteiger partial charge in [-0.1, -0.05) is 50.2 Å². The molecule has 2 N–H and O–H groups in total. The van der Waals surface area contributed by atoms with Gasteiger partial charge in [-0.15, -0.1) is 23.1 Å². The lowest BCUT2D eigenvalue weighted by atomic mass is 9.97. The van der Waals surface area contributed by atoms with Crippen molar-refractivity contribution < 1.29 is 0 Å². The van der Waals surface area contributed by atoms with Crippen LogP contribution in [0.25, 0.3) is 0 Å². The molecule has 2 aromatic rings. The Bertz CT molecular complexity index is 451. The molecular weight excluding hydrogens is 258 g/mol. The SMILES string of the molecule is CC(C)C(Sc1cccs1)C(N)c1ccccc1. The van der Waals surface area contributed by atoms with Gasteiger partial charge >= 0.3 is 0 Å². The van der Waals surface area contributed by atoms with E-state index in [1.807, 2.05) is 17.8 Å². The Morgan fingerprint density at radius 3 is 2.33 bits per heavy atom. The molecule has 2 unspecified atom stereocenters. The highest BCUT2D eigenvalue weighted by atomic mass is 32.2. The van der Waals surface area contributed by atoms with Gasteiger partial charge in [0.1, 0.15) is 0 Å². The molecule has 0 fully saturated rings. The molecule has 2 rings (SSSR count). The molecule has 0 spiro atoms. The summed E-state index contributed by atoms with van der Waals surface area (Å²) in [7, 11) is 0. The molecule has 0 saturated carbocycles. The zero-order valence-corrected chi connectivity index (χ0v) is 12.4. The predicted octanol–water partition coefficient (Wildman–Crippen LogP) is 4.56. The smallest absolute Gasteiger partial charge is 0.0601 e. The van der Waals surface area contributed by atoms with Crippen molar-refractivity contribution >= 4 is 23.1 Å². The lowest BCUT2D eigenvalue weighted by Crippen LogP contribution is -2.28. The number of thiophene rings is 1. The summed E-state index contributed by atoms with van der Waals surface area (Å²) in [6.07, 6.45) is 0. The maximum Gasteiger partial charge on any atom is 0.0601 e. The molecule has 1 nitrogen and oxygen atoms in total.